The summed E-state index contributed by atoms with van der Waals surface area (Å²) in [4.78, 5) is 16.7. The lowest BCUT2D eigenvalue weighted by Crippen LogP contribution is -1.97. The topological polar surface area (TPSA) is 93.1 Å². The second-order valence-electron chi connectivity index (χ2n) is 1.86. The van der Waals surface area contributed by atoms with Crippen molar-refractivity contribution in [3.05, 3.63) is 0 Å². The molecule has 0 heterocycles. The quantitative estimate of drug-likeness (QED) is 0.729. The summed E-state index contributed by atoms with van der Waals surface area (Å²) in [7, 11) is -7.98. The van der Waals surface area contributed by atoms with Gasteiger partial charge in [0.25, 0.3) is 0 Å². The average Bonchev–Trinajstić information content (AvgIpc) is 1.99. The van der Waals surface area contributed by atoms with Gasteiger partial charge in [0.2, 0.25) is 0 Å². The lowest BCUT2D eigenvalue weighted by Gasteiger charge is -2.09. The van der Waals surface area contributed by atoms with Crippen molar-refractivity contribution in [2.24, 2.45) is 0 Å². The maximum Gasteiger partial charge on any atom is 0.363 e. The molecular formula is C2H6Cl2O6P2. The Balaban J connectivity index is 4.08. The summed E-state index contributed by atoms with van der Waals surface area (Å²) in [5.41, 5.74) is 0. The Kier molecular flexibility index (Phi) is 5.30. The van der Waals surface area contributed by atoms with Crippen molar-refractivity contribution in [2.75, 3.05) is 12.3 Å². The van der Waals surface area contributed by atoms with Crippen molar-refractivity contribution in [3.8, 4) is 0 Å². The fraction of sp³-hybridized carbons (Fsp3) is 1.00. The van der Waals surface area contributed by atoms with Crippen LogP contribution in [0, 0.1) is 0 Å². The SMILES string of the molecule is O=P(O)(O)CCP(=O)(OCl)OCl. The minimum absolute atomic E-state index is 0.537. The van der Waals surface area contributed by atoms with E-state index in [1.54, 1.807) is 0 Å². The fourth-order valence-electron chi connectivity index (χ4n) is 0.332. The summed E-state index contributed by atoms with van der Waals surface area (Å²) in [5, 5.41) is 0. The predicted octanol–water partition coefficient (Wildman–Crippen LogP) is 1.70. The highest BCUT2D eigenvalue weighted by Gasteiger charge is 2.28. The molecule has 0 fully saturated rings. The van der Waals surface area contributed by atoms with Crippen LogP contribution in [-0.2, 0) is 17.3 Å². The van der Waals surface area contributed by atoms with Crippen LogP contribution in [-0.4, -0.2) is 22.1 Å². The number of halogens is 2. The number of hydrogen-bond donors (Lipinski definition) is 2. The summed E-state index contributed by atoms with van der Waals surface area (Å²) in [6, 6.07) is 0. The van der Waals surface area contributed by atoms with Gasteiger partial charge in [0.15, 0.2) is 0 Å². The summed E-state index contributed by atoms with van der Waals surface area (Å²) >= 11 is 9.42. The monoisotopic (exact) mass is 258 g/mol. The van der Waals surface area contributed by atoms with Crippen LogP contribution in [0.25, 0.3) is 0 Å². The van der Waals surface area contributed by atoms with Gasteiger partial charge in [-0.05, 0) is 0 Å². The van der Waals surface area contributed by atoms with Gasteiger partial charge in [0, 0.05) is 0 Å². The van der Waals surface area contributed by atoms with Crippen LogP contribution in [0.5, 0.6) is 0 Å². The van der Waals surface area contributed by atoms with Gasteiger partial charge < -0.3 is 9.79 Å². The van der Waals surface area contributed by atoms with E-state index >= 15 is 0 Å². The minimum atomic E-state index is -4.24. The van der Waals surface area contributed by atoms with Crippen LogP contribution in [0.15, 0.2) is 0 Å². The summed E-state index contributed by atoms with van der Waals surface area (Å²) in [5.74, 6) is 0. The van der Waals surface area contributed by atoms with E-state index in [-0.39, 0.29) is 0 Å². The van der Waals surface area contributed by atoms with Crippen molar-refractivity contribution in [2.45, 2.75) is 0 Å². The molecule has 2 N–H and O–H groups in total. The standard InChI is InChI=1S/C2H6Cl2O6P2/c3-9-12(8,10-4)2-1-11(5,6)7/h1-2H2,(H2,5,6,7). The molecule has 0 spiro atoms. The Labute approximate surface area is 78.8 Å². The lowest BCUT2D eigenvalue weighted by atomic mass is 11.0. The third kappa shape index (κ3) is 5.51. The fourth-order valence-corrected chi connectivity index (χ4v) is 3.18. The highest BCUT2D eigenvalue weighted by molar-refractivity contribution is 7.58. The molecule has 0 aromatic rings. The van der Waals surface area contributed by atoms with Gasteiger partial charge in [-0.15, -0.1) is 0 Å². The second kappa shape index (κ2) is 4.94. The van der Waals surface area contributed by atoms with Gasteiger partial charge >= 0.3 is 15.2 Å². The van der Waals surface area contributed by atoms with Crippen LogP contribution in [0.3, 0.4) is 0 Å². The lowest BCUT2D eigenvalue weighted by molar-refractivity contribution is 0.370. The van der Waals surface area contributed by atoms with Crippen molar-refractivity contribution in [3.63, 3.8) is 0 Å². The van der Waals surface area contributed by atoms with Gasteiger partial charge in [-0.25, -0.2) is 0 Å². The Morgan fingerprint density at radius 3 is 1.75 bits per heavy atom. The molecule has 0 bridgehead atoms. The zero-order chi connectivity index (χ0) is 9.83. The Bertz CT molecular complexity index is 216. The molecule has 0 saturated heterocycles. The minimum Gasteiger partial charge on any atom is -0.324 e. The summed E-state index contributed by atoms with van der Waals surface area (Å²) in [6.45, 7) is 0. The maximum atomic E-state index is 10.9. The number of hydrogen-bond acceptors (Lipinski definition) is 4. The molecule has 10 heteroatoms. The molecule has 0 aliphatic carbocycles. The zero-order valence-electron chi connectivity index (χ0n) is 5.59. The van der Waals surface area contributed by atoms with Gasteiger partial charge in [-0.2, -0.15) is 8.15 Å². The first-order chi connectivity index (χ1) is 5.33. The first-order valence-corrected chi connectivity index (χ1v) is 6.71. The first kappa shape index (κ1) is 12.9. The van der Waals surface area contributed by atoms with Crippen molar-refractivity contribution >= 4 is 38.9 Å². The van der Waals surface area contributed by atoms with E-state index in [2.05, 4.69) is 8.15 Å². The Hall–Kier alpha value is 0.880. The highest BCUT2D eigenvalue weighted by atomic mass is 35.5. The second-order valence-corrected chi connectivity index (χ2v) is 6.41. The van der Waals surface area contributed by atoms with E-state index in [1.165, 1.54) is 0 Å². The van der Waals surface area contributed by atoms with Crippen molar-refractivity contribution < 1.29 is 27.1 Å². The van der Waals surface area contributed by atoms with E-state index in [4.69, 9.17) is 33.5 Å². The molecule has 0 aliphatic heterocycles. The molecule has 0 rings (SSSR count). The zero-order valence-corrected chi connectivity index (χ0v) is 8.89. The number of rotatable bonds is 5. The Morgan fingerprint density at radius 1 is 1.08 bits per heavy atom. The molecule has 0 aromatic heterocycles. The average molecular weight is 259 g/mol. The third-order valence-electron chi connectivity index (χ3n) is 0.875. The normalized spacial score (nSPS) is 13.3. The van der Waals surface area contributed by atoms with Crippen LogP contribution < -0.4 is 0 Å². The molecule has 0 radical (unpaired) electrons. The van der Waals surface area contributed by atoms with Crippen LogP contribution in [0.1, 0.15) is 0 Å². The maximum absolute atomic E-state index is 10.9. The molecule has 6 nitrogen and oxygen atoms in total. The van der Waals surface area contributed by atoms with Gasteiger partial charge in [-0.1, -0.05) is 0 Å². The molecule has 74 valence electrons. The molecule has 12 heavy (non-hydrogen) atoms. The van der Waals surface area contributed by atoms with Crippen molar-refractivity contribution in [1.82, 2.24) is 0 Å². The molecule has 0 atom stereocenters. The third-order valence-corrected chi connectivity index (χ3v) is 4.49. The van der Waals surface area contributed by atoms with E-state index in [0.717, 1.165) is 0 Å². The van der Waals surface area contributed by atoms with E-state index in [9.17, 15) is 9.13 Å². The van der Waals surface area contributed by atoms with Crippen molar-refractivity contribution in [1.29, 1.82) is 0 Å². The van der Waals surface area contributed by atoms with Gasteiger partial charge in [0.1, 0.15) is 0 Å². The van der Waals surface area contributed by atoms with E-state index in [1.807, 2.05) is 0 Å². The predicted molar refractivity (Wildman–Crippen MR) is 43.3 cm³/mol. The van der Waals surface area contributed by atoms with Gasteiger partial charge in [-0.3, -0.25) is 9.13 Å². The Morgan fingerprint density at radius 2 is 1.50 bits per heavy atom. The van der Waals surface area contributed by atoms with Crippen LogP contribution in [0.2, 0.25) is 0 Å². The van der Waals surface area contributed by atoms with Crippen LogP contribution in [0.4, 0.5) is 0 Å². The molecular weight excluding hydrogens is 253 g/mol. The summed E-state index contributed by atoms with van der Waals surface area (Å²) < 4.78 is 28.9. The molecule has 0 amide bonds. The smallest absolute Gasteiger partial charge is 0.324 e. The van der Waals surface area contributed by atoms with Crippen LogP contribution >= 0.6 is 38.9 Å². The van der Waals surface area contributed by atoms with E-state index < -0.39 is 27.5 Å². The molecule has 0 unspecified atom stereocenters. The molecule has 0 saturated carbocycles. The molecule has 0 aliphatic rings. The largest absolute Gasteiger partial charge is 0.363 e. The van der Waals surface area contributed by atoms with Gasteiger partial charge in [0.05, 0.1) is 36.1 Å². The van der Waals surface area contributed by atoms with E-state index in [0.29, 0.717) is 0 Å². The highest BCUT2D eigenvalue weighted by Crippen LogP contribution is 2.53. The summed E-state index contributed by atoms with van der Waals surface area (Å²) in [6.07, 6.45) is -1.20. The first-order valence-electron chi connectivity index (χ1n) is 2.57. The molecule has 0 aromatic carbocycles.